The van der Waals surface area contributed by atoms with E-state index in [4.69, 9.17) is 4.98 Å². The Kier molecular flexibility index (Phi) is 5.34. The van der Waals surface area contributed by atoms with Crippen molar-refractivity contribution in [1.29, 1.82) is 0 Å². The lowest BCUT2D eigenvalue weighted by molar-refractivity contribution is 0.773. The van der Waals surface area contributed by atoms with E-state index in [2.05, 4.69) is 157 Å². The number of fused-ring (bicyclic) bond motifs is 12. The summed E-state index contributed by atoms with van der Waals surface area (Å²) in [4.78, 5) is 9.39. The summed E-state index contributed by atoms with van der Waals surface area (Å²) in [7, 11) is 0. The third-order valence-electron chi connectivity index (χ3n) is 11.0. The van der Waals surface area contributed by atoms with Gasteiger partial charge in [0.25, 0.3) is 0 Å². The third kappa shape index (κ3) is 3.45. The van der Waals surface area contributed by atoms with Crippen molar-refractivity contribution >= 4 is 32.6 Å². The summed E-state index contributed by atoms with van der Waals surface area (Å²) in [6.07, 6.45) is 3.74. The van der Waals surface area contributed by atoms with Gasteiger partial charge in [0.15, 0.2) is 0 Å². The molecule has 9 aromatic rings. The Hall–Kier alpha value is -6.38. The Morgan fingerprint density at radius 2 is 0.898 bits per heavy atom. The van der Waals surface area contributed by atoms with Crippen LogP contribution in [0.1, 0.15) is 22.3 Å². The molecule has 0 N–H and O–H groups in total. The minimum absolute atomic E-state index is 0.389. The number of rotatable bonds is 2. The Balaban J connectivity index is 1.13. The van der Waals surface area contributed by atoms with Crippen LogP contribution in [0.25, 0.3) is 77.1 Å². The van der Waals surface area contributed by atoms with Crippen molar-refractivity contribution in [3.05, 3.63) is 192 Å². The molecule has 0 fully saturated rings. The summed E-state index contributed by atoms with van der Waals surface area (Å²) in [6.45, 7) is 0. The van der Waals surface area contributed by atoms with E-state index in [0.717, 1.165) is 27.4 Å². The number of nitrogens with zero attached hydrogens (tertiary/aromatic N) is 2. The zero-order valence-corrected chi connectivity index (χ0v) is 26.6. The van der Waals surface area contributed by atoms with Gasteiger partial charge >= 0.3 is 0 Å². The highest BCUT2D eigenvalue weighted by atomic mass is 14.7. The van der Waals surface area contributed by atoms with Crippen LogP contribution in [0.2, 0.25) is 0 Å². The van der Waals surface area contributed by atoms with Gasteiger partial charge < -0.3 is 0 Å². The van der Waals surface area contributed by atoms with Crippen molar-refractivity contribution in [3.8, 4) is 44.5 Å². The summed E-state index contributed by atoms with van der Waals surface area (Å²) in [6, 6.07) is 58.3. The van der Waals surface area contributed by atoms with Crippen LogP contribution in [0.3, 0.4) is 0 Å². The van der Waals surface area contributed by atoms with Crippen LogP contribution in [0, 0.1) is 0 Å². The second-order valence-electron chi connectivity index (χ2n) is 13.2. The number of hydrogen-bond acceptors (Lipinski definition) is 2. The number of benzene rings is 7. The maximum absolute atomic E-state index is 4.74. The van der Waals surface area contributed by atoms with E-state index in [9.17, 15) is 0 Å². The van der Waals surface area contributed by atoms with Crippen molar-refractivity contribution < 1.29 is 0 Å². The first kappa shape index (κ1) is 26.7. The highest BCUT2D eigenvalue weighted by Crippen LogP contribution is 2.62. The normalized spacial score (nSPS) is 13.5. The Bertz CT molecular complexity index is 2780. The van der Waals surface area contributed by atoms with Crippen molar-refractivity contribution in [2.45, 2.75) is 5.41 Å². The Morgan fingerprint density at radius 3 is 1.59 bits per heavy atom. The molecule has 2 aliphatic rings. The fourth-order valence-electron chi connectivity index (χ4n) is 9.04. The third-order valence-corrected chi connectivity index (χ3v) is 11.0. The van der Waals surface area contributed by atoms with Gasteiger partial charge in [-0.05, 0) is 89.7 Å². The van der Waals surface area contributed by atoms with Crippen molar-refractivity contribution in [2.75, 3.05) is 0 Å². The van der Waals surface area contributed by atoms with E-state index in [1.807, 2.05) is 18.5 Å². The van der Waals surface area contributed by atoms with Crippen LogP contribution < -0.4 is 0 Å². The molecular weight excluding hydrogens is 593 g/mol. The second kappa shape index (κ2) is 9.82. The monoisotopic (exact) mass is 620 g/mol. The Morgan fingerprint density at radius 1 is 0.327 bits per heavy atom. The maximum Gasteiger partial charge on any atom is 0.0970 e. The first-order chi connectivity index (χ1) is 24.3. The molecule has 11 rings (SSSR count). The highest BCUT2D eigenvalue weighted by Gasteiger charge is 2.49. The van der Waals surface area contributed by atoms with Crippen LogP contribution >= 0.6 is 0 Å². The first-order valence-corrected chi connectivity index (χ1v) is 16.9. The van der Waals surface area contributed by atoms with E-state index in [-0.39, 0.29) is 5.41 Å². The molecule has 2 aliphatic carbocycles. The molecule has 2 aromatic heterocycles. The van der Waals surface area contributed by atoms with Crippen LogP contribution in [-0.4, -0.2) is 9.97 Å². The van der Waals surface area contributed by atoms with Gasteiger partial charge in [0.1, 0.15) is 0 Å². The topological polar surface area (TPSA) is 25.8 Å². The van der Waals surface area contributed by atoms with Gasteiger partial charge in [-0.2, -0.15) is 0 Å². The lowest BCUT2D eigenvalue weighted by Gasteiger charge is -2.40. The largest absolute Gasteiger partial charge is 0.254 e. The molecule has 0 radical (unpaired) electrons. The van der Waals surface area contributed by atoms with Gasteiger partial charge in [-0.1, -0.05) is 146 Å². The van der Waals surface area contributed by atoms with Crippen LogP contribution in [-0.2, 0) is 5.41 Å². The lowest BCUT2D eigenvalue weighted by atomic mass is 9.61. The molecule has 49 heavy (non-hydrogen) atoms. The van der Waals surface area contributed by atoms with E-state index in [1.165, 1.54) is 72.0 Å². The van der Waals surface area contributed by atoms with E-state index >= 15 is 0 Å². The predicted octanol–water partition coefficient (Wildman–Crippen LogP) is 11.6. The molecule has 0 saturated carbocycles. The molecule has 0 bridgehead atoms. The smallest absolute Gasteiger partial charge is 0.0970 e. The highest BCUT2D eigenvalue weighted by molar-refractivity contribution is 6.12. The number of pyridine rings is 2. The number of hydrogen-bond donors (Lipinski definition) is 0. The second-order valence-corrected chi connectivity index (χ2v) is 13.2. The van der Waals surface area contributed by atoms with E-state index in [0.29, 0.717) is 0 Å². The molecule has 2 nitrogen and oxygen atoms in total. The zero-order chi connectivity index (χ0) is 32.1. The van der Waals surface area contributed by atoms with Crippen molar-refractivity contribution in [1.82, 2.24) is 9.97 Å². The molecule has 0 unspecified atom stereocenters. The zero-order valence-electron chi connectivity index (χ0n) is 26.6. The minimum atomic E-state index is -0.389. The summed E-state index contributed by atoms with van der Waals surface area (Å²) < 4.78 is 0. The molecule has 0 aliphatic heterocycles. The fraction of sp³-hybridized carbons (Fsp3) is 0.0213. The molecule has 2 heteroatoms. The van der Waals surface area contributed by atoms with Crippen molar-refractivity contribution in [2.24, 2.45) is 0 Å². The minimum Gasteiger partial charge on any atom is -0.254 e. The first-order valence-electron chi connectivity index (χ1n) is 16.9. The van der Waals surface area contributed by atoms with Gasteiger partial charge in [0.2, 0.25) is 0 Å². The standard InChI is InChI=1S/C47H28N2/c1-4-14-40-34(10-1)35-11-2-5-15-41(35)47(40)42-16-6-3-12-36(42)38-25-24-32(37-13-7-17-43(47)44(37)38)29-18-20-30(21-19-29)33-26-28-49-46-39(33)23-22-31-9-8-27-48-45(31)46/h1-28H. The predicted molar refractivity (Wildman–Crippen MR) is 202 cm³/mol. The summed E-state index contributed by atoms with van der Waals surface area (Å²) in [5.74, 6) is 0. The quantitative estimate of drug-likeness (QED) is 0.180. The van der Waals surface area contributed by atoms with Gasteiger partial charge in [-0.25, -0.2) is 0 Å². The average Bonchev–Trinajstić information content (AvgIpc) is 3.47. The average molecular weight is 621 g/mol. The Labute approximate surface area is 284 Å². The van der Waals surface area contributed by atoms with Crippen LogP contribution in [0.5, 0.6) is 0 Å². The molecule has 0 amide bonds. The number of aromatic nitrogens is 2. The molecular formula is C47H28N2. The lowest BCUT2D eigenvalue weighted by Crippen LogP contribution is -2.31. The van der Waals surface area contributed by atoms with Crippen LogP contribution in [0.4, 0.5) is 0 Å². The summed E-state index contributed by atoms with van der Waals surface area (Å²) in [5, 5.41) is 4.84. The molecule has 0 atom stereocenters. The van der Waals surface area contributed by atoms with E-state index in [1.54, 1.807) is 0 Å². The van der Waals surface area contributed by atoms with Gasteiger partial charge in [-0.3, -0.25) is 9.97 Å². The summed E-state index contributed by atoms with van der Waals surface area (Å²) >= 11 is 0. The SMILES string of the molecule is c1ccc2c(c1)-c1ccccc1C21c2ccccc2-c2ccc(-c3ccc(-c4ccnc5c4ccc4cccnc45)cc3)c3cccc1c23. The van der Waals surface area contributed by atoms with E-state index < -0.39 is 0 Å². The van der Waals surface area contributed by atoms with Crippen LogP contribution in [0.15, 0.2) is 170 Å². The maximum atomic E-state index is 4.74. The molecule has 7 aromatic carbocycles. The molecule has 2 heterocycles. The van der Waals surface area contributed by atoms with Crippen molar-refractivity contribution in [3.63, 3.8) is 0 Å². The van der Waals surface area contributed by atoms with Gasteiger partial charge in [-0.15, -0.1) is 0 Å². The fourth-order valence-corrected chi connectivity index (χ4v) is 9.04. The van der Waals surface area contributed by atoms with Gasteiger partial charge in [0, 0.05) is 23.2 Å². The van der Waals surface area contributed by atoms with Gasteiger partial charge in [0.05, 0.1) is 16.4 Å². The molecule has 1 spiro atoms. The summed E-state index contributed by atoms with van der Waals surface area (Å²) in [5.41, 5.74) is 17.0. The molecule has 226 valence electrons. The molecule has 0 saturated heterocycles.